The van der Waals surface area contributed by atoms with Gasteiger partial charge in [0, 0.05) is 33.2 Å². The maximum absolute atomic E-state index is 12.0. The van der Waals surface area contributed by atoms with Crippen LogP contribution < -0.4 is 10.6 Å². The molecule has 6 heteroatoms. The highest BCUT2D eigenvalue weighted by Gasteiger charge is 2.21. The van der Waals surface area contributed by atoms with Crippen molar-refractivity contribution in [1.29, 1.82) is 0 Å². The van der Waals surface area contributed by atoms with Gasteiger partial charge in [0.1, 0.15) is 5.60 Å². The van der Waals surface area contributed by atoms with Crippen LogP contribution in [0.5, 0.6) is 0 Å². The Hall–Kier alpha value is -1.46. The molecular weight excluding hydrogens is 292 g/mol. The van der Waals surface area contributed by atoms with Crippen LogP contribution in [0.1, 0.15) is 53.4 Å². The Morgan fingerprint density at radius 3 is 2.48 bits per heavy atom. The molecule has 1 unspecified atom stereocenters. The van der Waals surface area contributed by atoms with Gasteiger partial charge in [0.25, 0.3) is 0 Å². The summed E-state index contributed by atoms with van der Waals surface area (Å²) in [7, 11) is 3.57. The van der Waals surface area contributed by atoms with E-state index in [9.17, 15) is 4.79 Å². The maximum Gasteiger partial charge on any atom is 0.410 e. The zero-order valence-electron chi connectivity index (χ0n) is 15.6. The Morgan fingerprint density at radius 2 is 1.96 bits per heavy atom. The van der Waals surface area contributed by atoms with Crippen LogP contribution in [0.4, 0.5) is 4.79 Å². The van der Waals surface area contributed by atoms with E-state index in [4.69, 9.17) is 4.74 Å². The fourth-order valence-electron chi connectivity index (χ4n) is 2.68. The predicted octanol–water partition coefficient (Wildman–Crippen LogP) is 2.60. The molecule has 6 nitrogen and oxygen atoms in total. The molecule has 1 saturated carbocycles. The van der Waals surface area contributed by atoms with Crippen LogP contribution >= 0.6 is 0 Å². The Kier molecular flexibility index (Phi) is 7.65. The Balaban J connectivity index is 2.31. The summed E-state index contributed by atoms with van der Waals surface area (Å²) in [6, 6.07) is 0.543. The molecule has 0 aromatic carbocycles. The molecule has 0 aromatic heterocycles. The van der Waals surface area contributed by atoms with Gasteiger partial charge >= 0.3 is 6.09 Å². The molecule has 0 bridgehead atoms. The van der Waals surface area contributed by atoms with Gasteiger partial charge in [-0.25, -0.2) is 4.79 Å². The van der Waals surface area contributed by atoms with Crippen molar-refractivity contribution in [2.24, 2.45) is 10.9 Å². The first kappa shape index (κ1) is 19.6. The van der Waals surface area contributed by atoms with Crippen LogP contribution in [0.3, 0.4) is 0 Å². The topological polar surface area (TPSA) is 66.0 Å². The van der Waals surface area contributed by atoms with E-state index in [2.05, 4.69) is 22.5 Å². The fraction of sp³-hybridized carbons (Fsp3) is 0.882. The van der Waals surface area contributed by atoms with Crippen molar-refractivity contribution >= 4 is 12.1 Å². The average Bonchev–Trinajstić information content (AvgIpc) is 2.94. The van der Waals surface area contributed by atoms with Crippen molar-refractivity contribution < 1.29 is 9.53 Å². The first-order valence-electron chi connectivity index (χ1n) is 8.62. The highest BCUT2D eigenvalue weighted by Crippen LogP contribution is 2.17. The molecule has 0 heterocycles. The highest BCUT2D eigenvalue weighted by molar-refractivity contribution is 5.80. The van der Waals surface area contributed by atoms with Gasteiger partial charge in [-0.05, 0) is 39.5 Å². The number of nitrogens with one attached hydrogen (secondary N) is 2. The van der Waals surface area contributed by atoms with Gasteiger partial charge in [0.05, 0.1) is 0 Å². The maximum atomic E-state index is 12.0. The van der Waals surface area contributed by atoms with Gasteiger partial charge in [-0.2, -0.15) is 0 Å². The normalized spacial score (nSPS) is 17.7. The van der Waals surface area contributed by atoms with Crippen LogP contribution in [0, 0.1) is 5.92 Å². The van der Waals surface area contributed by atoms with Crippen LogP contribution in [-0.4, -0.2) is 55.8 Å². The molecular formula is C17H34N4O2. The molecule has 1 fully saturated rings. The van der Waals surface area contributed by atoms with Crippen LogP contribution in [0.25, 0.3) is 0 Å². The summed E-state index contributed by atoms with van der Waals surface area (Å²) in [6.45, 7) is 9.14. The minimum Gasteiger partial charge on any atom is -0.444 e. The number of amides is 1. The number of carbonyl (C=O) groups excluding carboxylic acids is 1. The Morgan fingerprint density at radius 1 is 1.35 bits per heavy atom. The molecule has 0 aromatic rings. The second-order valence-corrected chi connectivity index (χ2v) is 7.54. The molecule has 0 radical (unpaired) electrons. The first-order valence-corrected chi connectivity index (χ1v) is 8.62. The minimum atomic E-state index is -0.458. The standard InChI is InChI=1S/C17H34N4O2/c1-13(12-21(6)16(22)23-17(2,3)4)11-19-15(18-5)20-14-9-7-8-10-14/h13-14H,7-12H2,1-6H3,(H2,18,19,20). The lowest BCUT2D eigenvalue weighted by atomic mass is 10.1. The smallest absolute Gasteiger partial charge is 0.410 e. The van der Waals surface area contributed by atoms with E-state index in [1.807, 2.05) is 20.8 Å². The summed E-state index contributed by atoms with van der Waals surface area (Å²) < 4.78 is 5.37. The second kappa shape index (κ2) is 8.99. The fourth-order valence-corrected chi connectivity index (χ4v) is 2.68. The third-order valence-electron chi connectivity index (χ3n) is 3.83. The molecule has 134 valence electrons. The minimum absolute atomic E-state index is 0.280. The van der Waals surface area contributed by atoms with Crippen molar-refractivity contribution in [2.75, 3.05) is 27.2 Å². The number of hydrogen-bond acceptors (Lipinski definition) is 3. The van der Waals surface area contributed by atoms with Crippen LogP contribution in [-0.2, 0) is 4.74 Å². The average molecular weight is 326 g/mol. The van der Waals surface area contributed by atoms with E-state index in [-0.39, 0.29) is 6.09 Å². The number of hydrogen-bond donors (Lipinski definition) is 2. The molecule has 1 aliphatic carbocycles. The van der Waals surface area contributed by atoms with Crippen molar-refractivity contribution in [3.05, 3.63) is 0 Å². The molecule has 2 N–H and O–H groups in total. The zero-order valence-corrected chi connectivity index (χ0v) is 15.6. The van der Waals surface area contributed by atoms with Crippen molar-refractivity contribution in [2.45, 2.75) is 65.0 Å². The molecule has 1 rings (SSSR count). The molecule has 0 aliphatic heterocycles. The van der Waals surface area contributed by atoms with E-state index in [0.29, 0.717) is 18.5 Å². The lowest BCUT2D eigenvalue weighted by Crippen LogP contribution is -2.45. The number of guanidine groups is 1. The Bertz CT molecular complexity index is 398. The van der Waals surface area contributed by atoms with Crippen molar-refractivity contribution in [1.82, 2.24) is 15.5 Å². The molecule has 23 heavy (non-hydrogen) atoms. The Labute approximate surface area is 141 Å². The molecule has 0 spiro atoms. The zero-order chi connectivity index (χ0) is 17.5. The van der Waals surface area contributed by atoms with Crippen molar-refractivity contribution in [3.8, 4) is 0 Å². The number of rotatable bonds is 5. The van der Waals surface area contributed by atoms with E-state index >= 15 is 0 Å². The largest absolute Gasteiger partial charge is 0.444 e. The summed E-state index contributed by atoms with van der Waals surface area (Å²) >= 11 is 0. The van der Waals surface area contributed by atoms with E-state index in [0.717, 1.165) is 12.5 Å². The van der Waals surface area contributed by atoms with Gasteiger partial charge in [-0.1, -0.05) is 19.8 Å². The quantitative estimate of drug-likeness (QED) is 0.602. The summed E-state index contributed by atoms with van der Waals surface area (Å²) in [5.41, 5.74) is -0.458. The van der Waals surface area contributed by atoms with Gasteiger partial charge in [0.15, 0.2) is 5.96 Å². The summed E-state index contributed by atoms with van der Waals surface area (Å²) in [5, 5.41) is 6.81. The van der Waals surface area contributed by atoms with Crippen LogP contribution in [0.2, 0.25) is 0 Å². The molecule has 1 atom stereocenters. The van der Waals surface area contributed by atoms with E-state index < -0.39 is 5.60 Å². The molecule has 1 aliphatic rings. The highest BCUT2D eigenvalue weighted by atomic mass is 16.6. The first-order chi connectivity index (χ1) is 10.7. The number of carbonyl (C=O) groups is 1. The van der Waals surface area contributed by atoms with Gasteiger partial charge in [0.2, 0.25) is 0 Å². The van der Waals surface area contributed by atoms with Crippen LogP contribution in [0.15, 0.2) is 4.99 Å². The van der Waals surface area contributed by atoms with E-state index in [1.54, 1.807) is 19.0 Å². The van der Waals surface area contributed by atoms with Crippen molar-refractivity contribution in [3.63, 3.8) is 0 Å². The van der Waals surface area contributed by atoms with Gasteiger partial charge in [-0.15, -0.1) is 0 Å². The summed E-state index contributed by atoms with van der Waals surface area (Å²) in [4.78, 5) is 17.9. The van der Waals surface area contributed by atoms with E-state index in [1.165, 1.54) is 25.7 Å². The number of nitrogens with zero attached hydrogens (tertiary/aromatic N) is 2. The third kappa shape index (κ3) is 8.09. The lowest BCUT2D eigenvalue weighted by molar-refractivity contribution is 0.0278. The number of ether oxygens (including phenoxy) is 1. The number of aliphatic imine (C=N–C) groups is 1. The monoisotopic (exact) mass is 326 g/mol. The summed E-state index contributed by atoms with van der Waals surface area (Å²) in [6.07, 6.45) is 4.75. The predicted molar refractivity (Wildman–Crippen MR) is 94.8 cm³/mol. The van der Waals surface area contributed by atoms with Gasteiger partial charge < -0.3 is 20.3 Å². The second-order valence-electron chi connectivity index (χ2n) is 7.54. The van der Waals surface area contributed by atoms with Gasteiger partial charge in [-0.3, -0.25) is 4.99 Å². The molecule has 0 saturated heterocycles. The lowest BCUT2D eigenvalue weighted by Gasteiger charge is -2.27. The summed E-state index contributed by atoms with van der Waals surface area (Å²) in [5.74, 6) is 1.15. The SMILES string of the molecule is CN=C(NCC(C)CN(C)C(=O)OC(C)(C)C)NC1CCCC1. The third-order valence-corrected chi connectivity index (χ3v) is 3.83. The molecule has 1 amide bonds.